The van der Waals surface area contributed by atoms with E-state index in [1.165, 1.54) is 18.2 Å². The van der Waals surface area contributed by atoms with Crippen LogP contribution in [0.2, 0.25) is 0 Å². The van der Waals surface area contributed by atoms with Crippen LogP contribution in [0.4, 0.5) is 16.2 Å². The largest absolute Gasteiger partial charge is 0.489 e. The average molecular weight is 457 g/mol. The van der Waals surface area contributed by atoms with Gasteiger partial charge in [0.1, 0.15) is 17.9 Å². The van der Waals surface area contributed by atoms with E-state index in [0.717, 1.165) is 16.0 Å². The number of carbonyl (C=O) groups excluding carboxylic acids is 3. The van der Waals surface area contributed by atoms with Gasteiger partial charge in [0.2, 0.25) is 0 Å². The Morgan fingerprint density at radius 1 is 0.941 bits per heavy atom. The van der Waals surface area contributed by atoms with Crippen molar-refractivity contribution in [2.24, 2.45) is 0 Å². The molecule has 0 spiro atoms. The van der Waals surface area contributed by atoms with Gasteiger partial charge in [-0.05, 0) is 60.5 Å². The molecule has 3 aromatic rings. The van der Waals surface area contributed by atoms with Gasteiger partial charge in [-0.15, -0.1) is 0 Å². The predicted molar refractivity (Wildman–Crippen MR) is 124 cm³/mol. The first kappa shape index (κ1) is 22.4. The second-order valence-corrected chi connectivity index (χ2v) is 7.57. The molecule has 0 aromatic heterocycles. The normalized spacial score (nSPS) is 14.8. The van der Waals surface area contributed by atoms with Gasteiger partial charge in [0, 0.05) is 12.1 Å². The molecule has 0 saturated carbocycles. The van der Waals surface area contributed by atoms with Gasteiger partial charge >= 0.3 is 6.03 Å². The molecule has 34 heavy (non-hydrogen) atoms. The number of ether oxygens (including phenoxy) is 1. The van der Waals surface area contributed by atoms with E-state index in [2.05, 4.69) is 5.32 Å². The van der Waals surface area contributed by atoms with Gasteiger partial charge in [-0.25, -0.2) is 9.69 Å². The molecule has 9 nitrogen and oxygen atoms in total. The van der Waals surface area contributed by atoms with Gasteiger partial charge in [-0.2, -0.15) is 0 Å². The standard InChI is InChI=1S/C25H19N3O6/c1-16-2-8-19(9-3-16)27-24(30)22(23(29)26-25(27)31)14-17-6-12-21(13-7-17)34-15-18-4-10-20(11-5-18)28(32)33/h2-14H,15H2,1H3,(H,26,29,31). The number of amides is 4. The SMILES string of the molecule is Cc1ccc(N2C(=O)NC(=O)C(=Cc3ccc(OCc4ccc([N+](=O)[O-])cc4)cc3)C2=O)cc1. The van der Waals surface area contributed by atoms with Crippen molar-refractivity contribution >= 4 is 35.3 Å². The lowest BCUT2D eigenvalue weighted by Crippen LogP contribution is -2.54. The molecule has 0 aliphatic carbocycles. The summed E-state index contributed by atoms with van der Waals surface area (Å²) in [5.41, 5.74) is 2.50. The molecule has 0 radical (unpaired) electrons. The number of nitrogens with one attached hydrogen (secondary N) is 1. The Hall–Kier alpha value is -4.79. The number of aryl methyl sites for hydroxylation is 1. The maximum atomic E-state index is 12.9. The van der Waals surface area contributed by atoms with Crippen molar-refractivity contribution in [3.8, 4) is 5.75 Å². The summed E-state index contributed by atoms with van der Waals surface area (Å²) in [5.74, 6) is -0.940. The lowest BCUT2D eigenvalue weighted by molar-refractivity contribution is -0.384. The molecule has 0 bridgehead atoms. The van der Waals surface area contributed by atoms with Crippen LogP contribution in [0.15, 0.2) is 78.4 Å². The Bertz CT molecular complexity index is 1300. The van der Waals surface area contributed by atoms with E-state index in [1.807, 2.05) is 6.92 Å². The Morgan fingerprint density at radius 2 is 1.59 bits per heavy atom. The molecule has 4 rings (SSSR count). The summed E-state index contributed by atoms with van der Waals surface area (Å²) < 4.78 is 5.69. The zero-order valence-electron chi connectivity index (χ0n) is 18.1. The lowest BCUT2D eigenvalue weighted by Gasteiger charge is -2.26. The van der Waals surface area contributed by atoms with E-state index in [4.69, 9.17) is 4.74 Å². The van der Waals surface area contributed by atoms with E-state index < -0.39 is 22.8 Å². The highest BCUT2D eigenvalue weighted by atomic mass is 16.6. The number of barbiturate groups is 1. The summed E-state index contributed by atoms with van der Waals surface area (Å²) in [6.07, 6.45) is 1.41. The van der Waals surface area contributed by atoms with Crippen LogP contribution in [0, 0.1) is 17.0 Å². The highest BCUT2D eigenvalue weighted by Crippen LogP contribution is 2.23. The number of carbonyl (C=O) groups is 3. The number of non-ortho nitro benzene ring substituents is 1. The van der Waals surface area contributed by atoms with Crippen molar-refractivity contribution in [2.75, 3.05) is 4.90 Å². The number of nitrogens with zero attached hydrogens (tertiary/aromatic N) is 2. The molecule has 1 aliphatic heterocycles. The minimum Gasteiger partial charge on any atom is -0.489 e. The summed E-state index contributed by atoms with van der Waals surface area (Å²) >= 11 is 0. The number of hydrogen-bond donors (Lipinski definition) is 1. The number of imide groups is 2. The van der Waals surface area contributed by atoms with Gasteiger partial charge in [-0.3, -0.25) is 25.0 Å². The highest BCUT2D eigenvalue weighted by molar-refractivity contribution is 6.39. The van der Waals surface area contributed by atoms with Crippen molar-refractivity contribution in [3.63, 3.8) is 0 Å². The van der Waals surface area contributed by atoms with Crippen LogP contribution in [0.5, 0.6) is 5.75 Å². The van der Waals surface area contributed by atoms with Crippen LogP contribution in [-0.4, -0.2) is 22.8 Å². The number of urea groups is 1. The fraction of sp³-hybridized carbons (Fsp3) is 0.0800. The molecule has 170 valence electrons. The molecule has 1 aliphatic rings. The fourth-order valence-corrected chi connectivity index (χ4v) is 3.29. The number of anilines is 1. The van der Waals surface area contributed by atoms with Gasteiger partial charge in [0.05, 0.1) is 10.6 Å². The molecular formula is C25H19N3O6. The molecule has 1 heterocycles. The van der Waals surface area contributed by atoms with E-state index in [1.54, 1.807) is 60.7 Å². The third-order valence-corrected chi connectivity index (χ3v) is 5.14. The Morgan fingerprint density at radius 3 is 2.21 bits per heavy atom. The average Bonchev–Trinajstić information content (AvgIpc) is 2.82. The van der Waals surface area contributed by atoms with Crippen LogP contribution in [0.25, 0.3) is 6.08 Å². The summed E-state index contributed by atoms with van der Waals surface area (Å²) in [4.78, 5) is 48.7. The number of hydrogen-bond acceptors (Lipinski definition) is 6. The topological polar surface area (TPSA) is 119 Å². The number of rotatable bonds is 6. The molecular weight excluding hydrogens is 438 g/mol. The molecule has 1 N–H and O–H groups in total. The summed E-state index contributed by atoms with van der Waals surface area (Å²) in [6, 6.07) is 18.7. The van der Waals surface area contributed by atoms with Crippen molar-refractivity contribution in [2.45, 2.75) is 13.5 Å². The zero-order chi connectivity index (χ0) is 24.2. The van der Waals surface area contributed by atoms with Crippen molar-refractivity contribution in [3.05, 3.63) is 105 Å². The highest BCUT2D eigenvalue weighted by Gasteiger charge is 2.36. The first-order valence-electron chi connectivity index (χ1n) is 10.3. The third-order valence-electron chi connectivity index (χ3n) is 5.14. The number of benzene rings is 3. The maximum Gasteiger partial charge on any atom is 0.335 e. The van der Waals surface area contributed by atoms with Crippen LogP contribution in [0.3, 0.4) is 0 Å². The minimum absolute atomic E-state index is 0.00470. The van der Waals surface area contributed by atoms with E-state index >= 15 is 0 Å². The van der Waals surface area contributed by atoms with Crippen LogP contribution >= 0.6 is 0 Å². The van der Waals surface area contributed by atoms with Gasteiger partial charge in [0.15, 0.2) is 0 Å². The van der Waals surface area contributed by atoms with Crippen LogP contribution in [-0.2, 0) is 16.2 Å². The summed E-state index contributed by atoms with van der Waals surface area (Å²) in [7, 11) is 0. The second kappa shape index (κ2) is 9.37. The lowest BCUT2D eigenvalue weighted by atomic mass is 10.1. The van der Waals surface area contributed by atoms with Crippen LogP contribution < -0.4 is 15.0 Å². The monoisotopic (exact) mass is 457 g/mol. The van der Waals surface area contributed by atoms with Crippen LogP contribution in [0.1, 0.15) is 16.7 Å². The molecule has 0 atom stereocenters. The zero-order valence-corrected chi connectivity index (χ0v) is 18.1. The first-order chi connectivity index (χ1) is 16.3. The summed E-state index contributed by atoms with van der Waals surface area (Å²) in [6.45, 7) is 2.10. The fourth-order valence-electron chi connectivity index (χ4n) is 3.29. The second-order valence-electron chi connectivity index (χ2n) is 7.57. The minimum atomic E-state index is -0.800. The number of nitro benzene ring substituents is 1. The third kappa shape index (κ3) is 4.83. The first-order valence-corrected chi connectivity index (χ1v) is 10.3. The Balaban J connectivity index is 1.47. The van der Waals surface area contributed by atoms with Crippen molar-refractivity contribution < 1.29 is 24.0 Å². The van der Waals surface area contributed by atoms with Gasteiger partial charge < -0.3 is 4.74 Å². The molecule has 4 amide bonds. The van der Waals surface area contributed by atoms with Gasteiger partial charge in [-0.1, -0.05) is 29.8 Å². The van der Waals surface area contributed by atoms with E-state index in [0.29, 0.717) is 17.0 Å². The van der Waals surface area contributed by atoms with E-state index in [9.17, 15) is 24.5 Å². The van der Waals surface area contributed by atoms with Crippen molar-refractivity contribution in [1.82, 2.24) is 5.32 Å². The quantitative estimate of drug-likeness (QED) is 0.257. The molecule has 1 saturated heterocycles. The maximum absolute atomic E-state index is 12.9. The molecule has 9 heteroatoms. The Labute approximate surface area is 194 Å². The van der Waals surface area contributed by atoms with Crippen molar-refractivity contribution in [1.29, 1.82) is 0 Å². The predicted octanol–water partition coefficient (Wildman–Crippen LogP) is 4.15. The van der Waals surface area contributed by atoms with E-state index in [-0.39, 0.29) is 17.9 Å². The smallest absolute Gasteiger partial charge is 0.335 e. The Kier molecular flexibility index (Phi) is 6.18. The number of nitro groups is 1. The molecule has 0 unspecified atom stereocenters. The van der Waals surface area contributed by atoms with Gasteiger partial charge in [0.25, 0.3) is 17.5 Å². The summed E-state index contributed by atoms with van der Waals surface area (Å²) in [5, 5.41) is 12.9. The molecule has 1 fully saturated rings. The molecule has 3 aromatic carbocycles.